The van der Waals surface area contributed by atoms with Crippen LogP contribution in [-0.4, -0.2) is 50.2 Å². The second kappa shape index (κ2) is 6.49. The van der Waals surface area contributed by atoms with Gasteiger partial charge in [0.05, 0.1) is 6.20 Å². The zero-order valence-electron chi connectivity index (χ0n) is 11.8. The van der Waals surface area contributed by atoms with Gasteiger partial charge in [0, 0.05) is 44.2 Å². The van der Waals surface area contributed by atoms with Crippen molar-refractivity contribution < 1.29 is 14.7 Å². The van der Waals surface area contributed by atoms with Gasteiger partial charge in [-0.05, 0) is 6.42 Å². The number of aryl methyl sites for hydroxylation is 1. The summed E-state index contributed by atoms with van der Waals surface area (Å²) in [4.78, 5) is 28.4. The number of aliphatic carboxylic acids is 1. The minimum absolute atomic E-state index is 0.0512. The Labute approximate surface area is 125 Å². The van der Waals surface area contributed by atoms with Gasteiger partial charge in [0.1, 0.15) is 10.7 Å². The van der Waals surface area contributed by atoms with Crippen molar-refractivity contribution >= 4 is 23.2 Å². The molecule has 7 nitrogen and oxygen atoms in total. The molecule has 0 radical (unpaired) electrons. The van der Waals surface area contributed by atoms with Gasteiger partial charge in [-0.25, -0.2) is 4.98 Å². The number of aromatic nitrogens is 3. The molecule has 2 heterocycles. The summed E-state index contributed by atoms with van der Waals surface area (Å²) >= 11 is 1.38. The van der Waals surface area contributed by atoms with E-state index in [1.165, 1.54) is 16.2 Å². The fourth-order valence-electron chi connectivity index (χ4n) is 1.80. The van der Waals surface area contributed by atoms with E-state index >= 15 is 0 Å². The maximum Gasteiger partial charge on any atom is 0.303 e. The molecule has 21 heavy (non-hydrogen) atoms. The van der Waals surface area contributed by atoms with Crippen LogP contribution in [0.5, 0.6) is 0 Å². The fourth-order valence-corrected chi connectivity index (χ4v) is 2.57. The number of hydrogen-bond donors (Lipinski definition) is 1. The van der Waals surface area contributed by atoms with Crippen LogP contribution in [0, 0.1) is 0 Å². The lowest BCUT2D eigenvalue weighted by atomic mass is 10.3. The number of rotatable bonds is 6. The number of carboxylic acid groups (broad SMARTS) is 1. The van der Waals surface area contributed by atoms with Gasteiger partial charge in [-0.1, -0.05) is 0 Å². The number of nitrogens with zero attached hydrogens (tertiary/aromatic N) is 4. The third kappa shape index (κ3) is 3.88. The Balaban J connectivity index is 2.00. The van der Waals surface area contributed by atoms with Crippen molar-refractivity contribution in [2.75, 3.05) is 13.6 Å². The third-order valence-corrected chi connectivity index (χ3v) is 3.80. The van der Waals surface area contributed by atoms with Gasteiger partial charge in [-0.2, -0.15) is 5.10 Å². The Morgan fingerprint density at radius 3 is 2.86 bits per heavy atom. The lowest BCUT2D eigenvalue weighted by Gasteiger charge is -2.14. The Bertz CT molecular complexity index is 649. The molecule has 0 atom stereocenters. The molecule has 0 bridgehead atoms. The molecule has 0 aliphatic heterocycles. The molecule has 2 aromatic rings. The molecule has 1 amide bonds. The van der Waals surface area contributed by atoms with Gasteiger partial charge in [-0.15, -0.1) is 11.3 Å². The summed E-state index contributed by atoms with van der Waals surface area (Å²) in [5.41, 5.74) is 1.24. The van der Waals surface area contributed by atoms with Crippen LogP contribution in [0.15, 0.2) is 17.8 Å². The highest BCUT2D eigenvalue weighted by atomic mass is 32.1. The van der Waals surface area contributed by atoms with Crippen LogP contribution in [-0.2, 0) is 11.8 Å². The Kier molecular flexibility index (Phi) is 4.69. The molecule has 2 aromatic heterocycles. The summed E-state index contributed by atoms with van der Waals surface area (Å²) in [6, 6.07) is 0. The summed E-state index contributed by atoms with van der Waals surface area (Å²) < 4.78 is 1.68. The third-order valence-electron chi connectivity index (χ3n) is 2.91. The van der Waals surface area contributed by atoms with E-state index in [2.05, 4.69) is 10.1 Å². The van der Waals surface area contributed by atoms with Crippen molar-refractivity contribution in [2.45, 2.75) is 12.8 Å². The van der Waals surface area contributed by atoms with Gasteiger partial charge < -0.3 is 10.0 Å². The van der Waals surface area contributed by atoms with Crippen molar-refractivity contribution in [1.82, 2.24) is 19.7 Å². The smallest absolute Gasteiger partial charge is 0.303 e. The molecule has 0 aromatic carbocycles. The molecule has 0 spiro atoms. The second-order valence-corrected chi connectivity index (χ2v) is 5.52. The van der Waals surface area contributed by atoms with E-state index in [9.17, 15) is 9.59 Å². The molecule has 1 N–H and O–H groups in total. The first-order chi connectivity index (χ1) is 9.97. The molecule has 8 heteroatoms. The van der Waals surface area contributed by atoms with Crippen LogP contribution in [0.4, 0.5) is 0 Å². The lowest BCUT2D eigenvalue weighted by molar-refractivity contribution is -0.137. The average molecular weight is 308 g/mol. The molecular weight excluding hydrogens is 292 g/mol. The highest BCUT2D eigenvalue weighted by Crippen LogP contribution is 2.23. The van der Waals surface area contributed by atoms with Crippen LogP contribution in [0.3, 0.4) is 0 Å². The zero-order valence-corrected chi connectivity index (χ0v) is 12.6. The van der Waals surface area contributed by atoms with Crippen LogP contribution < -0.4 is 0 Å². The molecule has 112 valence electrons. The summed E-state index contributed by atoms with van der Waals surface area (Å²) in [5.74, 6) is -1.06. The topological polar surface area (TPSA) is 88.3 Å². The number of carbonyl (C=O) groups excluding carboxylic acids is 1. The van der Waals surface area contributed by atoms with Crippen LogP contribution in [0.25, 0.3) is 10.6 Å². The lowest BCUT2D eigenvalue weighted by Crippen LogP contribution is -2.28. The van der Waals surface area contributed by atoms with E-state index in [0.29, 0.717) is 18.7 Å². The summed E-state index contributed by atoms with van der Waals surface area (Å²) in [6.07, 6.45) is 4.01. The molecule has 0 aliphatic carbocycles. The Morgan fingerprint density at radius 2 is 2.24 bits per heavy atom. The molecule has 0 unspecified atom stereocenters. The molecule has 0 fully saturated rings. The Hall–Kier alpha value is -2.22. The second-order valence-electron chi connectivity index (χ2n) is 4.66. The maximum atomic E-state index is 12.2. The van der Waals surface area contributed by atoms with Crippen molar-refractivity contribution in [3.63, 3.8) is 0 Å². The van der Waals surface area contributed by atoms with Crippen LogP contribution >= 0.6 is 11.3 Å². The van der Waals surface area contributed by atoms with Crippen molar-refractivity contribution in [2.24, 2.45) is 7.05 Å². The van der Waals surface area contributed by atoms with Crippen molar-refractivity contribution in [3.8, 4) is 10.6 Å². The molecule has 0 aliphatic rings. The first-order valence-corrected chi connectivity index (χ1v) is 7.27. The monoisotopic (exact) mass is 308 g/mol. The predicted octanol–water partition coefficient (Wildman–Crippen LogP) is 1.48. The highest BCUT2D eigenvalue weighted by molar-refractivity contribution is 7.13. The minimum Gasteiger partial charge on any atom is -0.481 e. The van der Waals surface area contributed by atoms with Gasteiger partial charge in [0.15, 0.2) is 0 Å². The first-order valence-electron chi connectivity index (χ1n) is 6.39. The zero-order chi connectivity index (χ0) is 15.4. The maximum absolute atomic E-state index is 12.2. The number of carbonyl (C=O) groups is 2. The van der Waals surface area contributed by atoms with Gasteiger partial charge >= 0.3 is 5.97 Å². The van der Waals surface area contributed by atoms with E-state index in [4.69, 9.17) is 5.11 Å². The van der Waals surface area contributed by atoms with E-state index in [-0.39, 0.29) is 12.3 Å². The van der Waals surface area contributed by atoms with Crippen LogP contribution in [0.1, 0.15) is 23.3 Å². The average Bonchev–Trinajstić information content (AvgIpc) is 3.05. The largest absolute Gasteiger partial charge is 0.481 e. The van der Waals surface area contributed by atoms with Crippen molar-refractivity contribution in [1.29, 1.82) is 0 Å². The Morgan fingerprint density at radius 1 is 1.48 bits per heavy atom. The minimum atomic E-state index is -0.858. The summed E-state index contributed by atoms with van der Waals surface area (Å²) in [6.45, 7) is 0.394. The summed E-state index contributed by atoms with van der Waals surface area (Å²) in [7, 11) is 3.46. The first kappa shape index (κ1) is 15.2. The van der Waals surface area contributed by atoms with Gasteiger partial charge in [0.2, 0.25) is 0 Å². The molecular formula is C13H16N4O3S. The fraction of sp³-hybridized carbons (Fsp3) is 0.385. The number of hydrogen-bond acceptors (Lipinski definition) is 5. The van der Waals surface area contributed by atoms with Crippen molar-refractivity contribution in [3.05, 3.63) is 23.5 Å². The van der Waals surface area contributed by atoms with E-state index in [1.807, 2.05) is 13.2 Å². The quantitative estimate of drug-likeness (QED) is 0.873. The molecule has 0 saturated carbocycles. The van der Waals surface area contributed by atoms with Gasteiger partial charge in [0.25, 0.3) is 5.91 Å². The van der Waals surface area contributed by atoms with E-state index in [0.717, 1.165) is 10.6 Å². The molecule has 2 rings (SSSR count). The summed E-state index contributed by atoms with van der Waals surface area (Å²) in [5, 5.41) is 15.1. The molecule has 0 saturated heterocycles. The standard InChI is InChI=1S/C13H16N4O3S/c1-16(5-3-4-11(18)19)13(20)10-8-21-12(15-10)9-6-14-17(2)7-9/h6-8H,3-5H2,1-2H3,(H,18,19). The number of thiazole rings is 1. The highest BCUT2D eigenvalue weighted by Gasteiger charge is 2.16. The SMILES string of the molecule is CN(CCCC(=O)O)C(=O)c1csc(-c2cnn(C)c2)n1. The van der Waals surface area contributed by atoms with Crippen LogP contribution in [0.2, 0.25) is 0 Å². The normalized spacial score (nSPS) is 10.6. The van der Waals surface area contributed by atoms with E-state index in [1.54, 1.807) is 23.3 Å². The number of carboxylic acids is 1. The van der Waals surface area contributed by atoms with E-state index < -0.39 is 5.97 Å². The van der Waals surface area contributed by atoms with Gasteiger partial charge in [-0.3, -0.25) is 14.3 Å². The number of amides is 1. The predicted molar refractivity (Wildman–Crippen MR) is 78.1 cm³/mol.